The number of phenolic OH excluding ortho intramolecular Hbond substituents is 1. The summed E-state index contributed by atoms with van der Waals surface area (Å²) in [6.45, 7) is 2.13. The summed E-state index contributed by atoms with van der Waals surface area (Å²) in [7, 11) is 0. The number of hydrogen-bond acceptors (Lipinski definition) is 4. The first kappa shape index (κ1) is 9.15. The number of nitrogens with two attached hydrogens (primary N) is 1. The van der Waals surface area contributed by atoms with Crippen LogP contribution >= 0.6 is 0 Å². The zero-order valence-corrected chi connectivity index (χ0v) is 7.99. The van der Waals surface area contributed by atoms with Crippen molar-refractivity contribution in [1.29, 1.82) is 0 Å². The average molecular weight is 195 g/mol. The van der Waals surface area contributed by atoms with Crippen molar-refractivity contribution in [2.75, 3.05) is 6.79 Å². The van der Waals surface area contributed by atoms with Gasteiger partial charge in [-0.15, -0.1) is 0 Å². The van der Waals surface area contributed by atoms with Crippen molar-refractivity contribution in [3.63, 3.8) is 0 Å². The van der Waals surface area contributed by atoms with Crippen LogP contribution in [-0.2, 0) is 0 Å². The fraction of sp³-hybridized carbons (Fsp3) is 0.400. The van der Waals surface area contributed by atoms with Gasteiger partial charge in [-0.2, -0.15) is 0 Å². The molecular formula is C10H13NO3. The predicted molar refractivity (Wildman–Crippen MR) is 51.4 cm³/mol. The maximum atomic E-state index is 9.83. The van der Waals surface area contributed by atoms with Crippen molar-refractivity contribution < 1.29 is 14.6 Å². The largest absolute Gasteiger partial charge is 0.504 e. The maximum Gasteiger partial charge on any atom is 0.231 e. The SMILES string of the molecule is CC[C@@H](N)c1ccc2c(c1O)OCO2. The van der Waals surface area contributed by atoms with Gasteiger partial charge in [-0.3, -0.25) is 0 Å². The lowest BCUT2D eigenvalue weighted by molar-refractivity contribution is 0.171. The van der Waals surface area contributed by atoms with E-state index in [2.05, 4.69) is 0 Å². The van der Waals surface area contributed by atoms with Crippen molar-refractivity contribution in [2.24, 2.45) is 5.73 Å². The summed E-state index contributed by atoms with van der Waals surface area (Å²) in [5.74, 6) is 1.09. The van der Waals surface area contributed by atoms with Gasteiger partial charge in [0.05, 0.1) is 0 Å². The van der Waals surface area contributed by atoms with Gasteiger partial charge in [0, 0.05) is 11.6 Å². The van der Waals surface area contributed by atoms with Gasteiger partial charge in [0.25, 0.3) is 0 Å². The van der Waals surface area contributed by atoms with Gasteiger partial charge in [0.1, 0.15) is 0 Å². The van der Waals surface area contributed by atoms with E-state index in [1.807, 2.05) is 6.92 Å². The van der Waals surface area contributed by atoms with E-state index in [1.54, 1.807) is 12.1 Å². The van der Waals surface area contributed by atoms with Crippen molar-refractivity contribution >= 4 is 0 Å². The molecule has 0 bridgehead atoms. The summed E-state index contributed by atoms with van der Waals surface area (Å²) in [4.78, 5) is 0. The molecule has 1 atom stereocenters. The molecule has 14 heavy (non-hydrogen) atoms. The lowest BCUT2D eigenvalue weighted by Gasteiger charge is -2.12. The van der Waals surface area contributed by atoms with E-state index >= 15 is 0 Å². The molecule has 0 aromatic heterocycles. The smallest absolute Gasteiger partial charge is 0.231 e. The third-order valence-corrected chi connectivity index (χ3v) is 2.38. The number of hydrogen-bond donors (Lipinski definition) is 2. The molecule has 76 valence electrons. The van der Waals surface area contributed by atoms with Crippen LogP contribution < -0.4 is 15.2 Å². The van der Waals surface area contributed by atoms with Gasteiger partial charge < -0.3 is 20.3 Å². The van der Waals surface area contributed by atoms with E-state index < -0.39 is 0 Å². The monoisotopic (exact) mass is 195 g/mol. The van der Waals surface area contributed by atoms with E-state index in [0.29, 0.717) is 17.1 Å². The molecule has 1 aromatic rings. The number of fused-ring (bicyclic) bond motifs is 1. The average Bonchev–Trinajstić information content (AvgIpc) is 2.66. The second-order valence-corrected chi connectivity index (χ2v) is 3.25. The van der Waals surface area contributed by atoms with E-state index in [9.17, 15) is 5.11 Å². The Morgan fingerprint density at radius 2 is 2.29 bits per heavy atom. The minimum atomic E-state index is -0.163. The Morgan fingerprint density at radius 1 is 1.50 bits per heavy atom. The summed E-state index contributed by atoms with van der Waals surface area (Å²) in [6.07, 6.45) is 0.771. The fourth-order valence-electron chi connectivity index (χ4n) is 1.49. The van der Waals surface area contributed by atoms with E-state index in [-0.39, 0.29) is 18.6 Å². The fourth-order valence-corrected chi connectivity index (χ4v) is 1.49. The van der Waals surface area contributed by atoms with Gasteiger partial charge in [0.2, 0.25) is 12.5 Å². The lowest BCUT2D eigenvalue weighted by Crippen LogP contribution is -2.08. The topological polar surface area (TPSA) is 64.7 Å². The van der Waals surface area contributed by atoms with Crippen molar-refractivity contribution in [3.8, 4) is 17.2 Å². The van der Waals surface area contributed by atoms with Crippen LogP contribution in [0.25, 0.3) is 0 Å². The van der Waals surface area contributed by atoms with Crippen LogP contribution in [0.5, 0.6) is 17.2 Å². The Hall–Kier alpha value is -1.42. The number of rotatable bonds is 2. The summed E-state index contributed by atoms with van der Waals surface area (Å²) in [5, 5.41) is 9.83. The van der Waals surface area contributed by atoms with Crippen molar-refractivity contribution in [2.45, 2.75) is 19.4 Å². The second-order valence-electron chi connectivity index (χ2n) is 3.25. The third kappa shape index (κ3) is 1.28. The molecule has 1 heterocycles. The maximum absolute atomic E-state index is 9.83. The molecule has 3 N–H and O–H groups in total. The second kappa shape index (κ2) is 3.38. The molecule has 0 aliphatic carbocycles. The van der Waals surface area contributed by atoms with Crippen LogP contribution in [0.1, 0.15) is 24.9 Å². The first-order valence-electron chi connectivity index (χ1n) is 4.61. The summed E-state index contributed by atoms with van der Waals surface area (Å²) in [6, 6.07) is 3.38. The lowest BCUT2D eigenvalue weighted by atomic mass is 10.0. The van der Waals surface area contributed by atoms with E-state index in [0.717, 1.165) is 6.42 Å². The molecule has 0 saturated carbocycles. The Morgan fingerprint density at radius 3 is 3.00 bits per heavy atom. The molecule has 2 rings (SSSR count). The van der Waals surface area contributed by atoms with Crippen LogP contribution in [0.15, 0.2) is 12.1 Å². The number of ether oxygens (including phenoxy) is 2. The van der Waals surface area contributed by atoms with E-state index in [4.69, 9.17) is 15.2 Å². The number of phenols is 1. The minimum absolute atomic E-state index is 0.106. The van der Waals surface area contributed by atoms with Gasteiger partial charge >= 0.3 is 0 Å². The zero-order chi connectivity index (χ0) is 10.1. The minimum Gasteiger partial charge on any atom is -0.504 e. The Bertz CT molecular complexity index is 351. The van der Waals surface area contributed by atoms with Gasteiger partial charge in [-0.1, -0.05) is 6.92 Å². The predicted octanol–water partition coefficient (Wildman–Crippen LogP) is 1.53. The zero-order valence-electron chi connectivity index (χ0n) is 7.99. The highest BCUT2D eigenvalue weighted by molar-refractivity contribution is 5.56. The first-order valence-corrected chi connectivity index (χ1v) is 4.61. The van der Waals surface area contributed by atoms with Crippen molar-refractivity contribution in [3.05, 3.63) is 17.7 Å². The van der Waals surface area contributed by atoms with Crippen LogP contribution in [0.3, 0.4) is 0 Å². The van der Waals surface area contributed by atoms with Crippen molar-refractivity contribution in [1.82, 2.24) is 0 Å². The molecule has 0 amide bonds. The molecule has 0 spiro atoms. The normalized spacial score (nSPS) is 15.6. The Balaban J connectivity index is 2.44. The highest BCUT2D eigenvalue weighted by Gasteiger charge is 2.22. The molecule has 0 saturated heterocycles. The summed E-state index contributed by atoms with van der Waals surface area (Å²) in [5.41, 5.74) is 6.54. The molecule has 0 fully saturated rings. The highest BCUT2D eigenvalue weighted by Crippen LogP contribution is 2.44. The van der Waals surface area contributed by atoms with Gasteiger partial charge in [0.15, 0.2) is 11.5 Å². The van der Waals surface area contributed by atoms with Crippen LogP contribution in [0.2, 0.25) is 0 Å². The van der Waals surface area contributed by atoms with Crippen LogP contribution in [0, 0.1) is 0 Å². The van der Waals surface area contributed by atoms with Crippen LogP contribution in [-0.4, -0.2) is 11.9 Å². The highest BCUT2D eigenvalue weighted by atomic mass is 16.7. The van der Waals surface area contributed by atoms with Crippen LogP contribution in [0.4, 0.5) is 0 Å². The molecule has 1 aliphatic heterocycles. The molecule has 1 aromatic carbocycles. The molecular weight excluding hydrogens is 182 g/mol. The number of benzene rings is 1. The molecule has 0 radical (unpaired) electrons. The van der Waals surface area contributed by atoms with E-state index in [1.165, 1.54) is 0 Å². The standard InChI is InChI=1S/C10H13NO3/c1-2-7(11)6-3-4-8-10(9(6)12)14-5-13-8/h3-4,7,12H,2,5,11H2,1H3/t7-/m1/s1. The summed E-state index contributed by atoms with van der Waals surface area (Å²) < 4.78 is 10.3. The summed E-state index contributed by atoms with van der Waals surface area (Å²) >= 11 is 0. The molecule has 4 heteroatoms. The Labute approximate surface area is 82.2 Å². The third-order valence-electron chi connectivity index (χ3n) is 2.38. The van der Waals surface area contributed by atoms with Gasteiger partial charge in [-0.05, 0) is 18.6 Å². The first-order chi connectivity index (χ1) is 6.74. The van der Waals surface area contributed by atoms with Gasteiger partial charge in [-0.25, -0.2) is 0 Å². The number of aromatic hydroxyl groups is 1. The molecule has 4 nitrogen and oxygen atoms in total. The quantitative estimate of drug-likeness (QED) is 0.751. The molecule has 1 aliphatic rings. The molecule has 0 unspecified atom stereocenters. The Kier molecular flexibility index (Phi) is 2.21.